The monoisotopic (exact) mass is 392 g/mol. The van der Waals surface area contributed by atoms with E-state index in [0.29, 0.717) is 0 Å². The van der Waals surface area contributed by atoms with Crippen LogP contribution in [0.2, 0.25) is 0 Å². The number of nitrogens with two attached hydrogens (primary N) is 1. The highest BCUT2D eigenvalue weighted by Crippen LogP contribution is 2.13. The first kappa shape index (κ1) is 25.3. The zero-order valence-corrected chi connectivity index (χ0v) is 13.4. The van der Waals surface area contributed by atoms with Crippen LogP contribution in [0.15, 0.2) is 0 Å². The van der Waals surface area contributed by atoms with Crippen molar-refractivity contribution in [1.29, 1.82) is 0 Å². The summed E-state index contributed by atoms with van der Waals surface area (Å²) >= 11 is 0. The molecule has 0 aromatic carbocycles. The molecule has 2 atom stereocenters. The van der Waals surface area contributed by atoms with Gasteiger partial charge >= 0.3 is 24.1 Å². The molecule has 0 aromatic heterocycles. The molecule has 0 aliphatic carbocycles. The van der Waals surface area contributed by atoms with Gasteiger partial charge < -0.3 is 31.7 Å². The van der Waals surface area contributed by atoms with Gasteiger partial charge in [0.25, 0.3) is 0 Å². The molecule has 0 aliphatic rings. The molecule has 0 aliphatic heterocycles. The van der Waals surface area contributed by atoms with Gasteiger partial charge in [-0.05, 0) is 13.3 Å². The molecule has 0 spiro atoms. The van der Waals surface area contributed by atoms with E-state index < -0.39 is 54.5 Å². The lowest BCUT2D eigenvalue weighted by atomic mass is 10.1. The minimum atomic E-state index is -5.08. The maximum atomic E-state index is 11.6. The fourth-order valence-electron chi connectivity index (χ4n) is 1.13. The van der Waals surface area contributed by atoms with Crippen LogP contribution in [0.25, 0.3) is 0 Å². The Kier molecular flexibility index (Phi) is 11.3. The quantitative estimate of drug-likeness (QED) is 0.211. The van der Waals surface area contributed by atoms with E-state index >= 15 is 0 Å². The number of carbonyl (C=O) groups is 5. The van der Waals surface area contributed by atoms with Crippen molar-refractivity contribution < 1.29 is 52.5 Å². The van der Waals surface area contributed by atoms with Gasteiger partial charge in [-0.2, -0.15) is 13.2 Å². The lowest BCUT2D eigenvalue weighted by Gasteiger charge is -2.18. The van der Waals surface area contributed by atoms with Crippen molar-refractivity contribution in [3.63, 3.8) is 0 Å². The fraction of sp³-hybridized carbons (Fsp3) is 0.583. The minimum Gasteiger partial charge on any atom is -0.481 e. The summed E-state index contributed by atoms with van der Waals surface area (Å²) in [6.07, 6.45) is -5.58. The zero-order valence-electron chi connectivity index (χ0n) is 13.4. The second-order valence-corrected chi connectivity index (χ2v) is 4.70. The van der Waals surface area contributed by atoms with Crippen LogP contribution >= 0.6 is 0 Å². The number of rotatable bonds is 8. The molecule has 2 amide bonds. The summed E-state index contributed by atoms with van der Waals surface area (Å²) < 4.78 is 31.7. The Labute approximate surface area is 144 Å². The number of amides is 2. The van der Waals surface area contributed by atoms with Gasteiger partial charge in [-0.1, -0.05) is 0 Å². The number of nitrogens with one attached hydrogen (secondary N) is 2. The highest BCUT2D eigenvalue weighted by atomic mass is 19.4. The topological polar surface area (TPSA) is 196 Å². The predicted octanol–water partition coefficient (Wildman–Crippen LogP) is -1.48. The molecule has 7 N–H and O–H groups in total. The lowest BCUT2D eigenvalue weighted by Crippen LogP contribution is -2.51. The molecule has 0 bridgehead atoms. The fourth-order valence-corrected chi connectivity index (χ4v) is 1.13. The molecule has 0 radical (unpaired) electrons. The molecule has 0 aromatic rings. The number of hydrogen-bond acceptors (Lipinski definition) is 6. The Bertz CT molecular complexity index is 536. The van der Waals surface area contributed by atoms with E-state index in [2.05, 4.69) is 10.6 Å². The second-order valence-electron chi connectivity index (χ2n) is 4.70. The van der Waals surface area contributed by atoms with Crippen LogP contribution in [0.1, 0.15) is 19.8 Å². The molecule has 11 nitrogen and oxygen atoms in total. The molecule has 150 valence electrons. The summed E-state index contributed by atoms with van der Waals surface area (Å²) in [5.74, 6) is -6.53. The van der Waals surface area contributed by atoms with Gasteiger partial charge in [0, 0.05) is 6.42 Å². The predicted molar refractivity (Wildman–Crippen MR) is 76.8 cm³/mol. The number of alkyl halides is 3. The van der Waals surface area contributed by atoms with E-state index in [4.69, 9.17) is 25.8 Å². The van der Waals surface area contributed by atoms with E-state index in [9.17, 15) is 32.3 Å². The van der Waals surface area contributed by atoms with Gasteiger partial charge in [-0.3, -0.25) is 19.2 Å². The van der Waals surface area contributed by atoms with Crippen LogP contribution < -0.4 is 16.4 Å². The normalized spacial score (nSPS) is 12.7. The Hall–Kier alpha value is -2.90. The molecule has 14 heteroatoms. The van der Waals surface area contributed by atoms with Gasteiger partial charge in [-0.25, -0.2) is 4.79 Å². The Morgan fingerprint density at radius 2 is 1.46 bits per heavy atom. The van der Waals surface area contributed by atoms with Gasteiger partial charge in [-0.15, -0.1) is 0 Å². The lowest BCUT2D eigenvalue weighted by molar-refractivity contribution is -0.192. The summed E-state index contributed by atoms with van der Waals surface area (Å²) in [6, 6.07) is -1.99. The standard InChI is InChI=1S/C10H17N3O6.C2HF3O2/c1-5(11)9(18)13-6(2-3-7(14)15)10(19)12-4-8(16)17;3-2(4,5)1(6)7/h5-6H,2-4,11H2,1H3,(H,12,19)(H,13,18)(H,14,15)(H,16,17);(H,6,7)/t5-,6-;/m1./s1/i4+1,8+1,12+1;. The van der Waals surface area contributed by atoms with Crippen molar-refractivity contribution in [1.82, 2.24) is 10.6 Å². The van der Waals surface area contributed by atoms with Crippen molar-refractivity contribution in [2.75, 3.05) is 6.54 Å². The van der Waals surface area contributed by atoms with Crippen molar-refractivity contribution in [3.05, 3.63) is 0 Å². The number of aliphatic carboxylic acids is 3. The maximum Gasteiger partial charge on any atom is 0.490 e. The smallest absolute Gasteiger partial charge is 0.481 e. The first-order chi connectivity index (χ1) is 11.7. The van der Waals surface area contributed by atoms with E-state index in [-0.39, 0.29) is 12.8 Å². The third-order valence-electron chi connectivity index (χ3n) is 2.35. The summed E-state index contributed by atoms with van der Waals surface area (Å²) in [4.78, 5) is 52.6. The molecular weight excluding hydrogens is 374 g/mol. The van der Waals surface area contributed by atoms with Crippen molar-refractivity contribution in [3.8, 4) is 0 Å². The number of carbonyl (C=O) groups excluding carboxylic acids is 2. The van der Waals surface area contributed by atoms with Gasteiger partial charge in [0.05, 0.1) is 6.04 Å². The third kappa shape index (κ3) is 13.5. The van der Waals surface area contributed by atoms with Crippen LogP contribution in [-0.4, -0.2) is 69.8 Å². The first-order valence-electron chi connectivity index (χ1n) is 6.75. The largest absolute Gasteiger partial charge is 0.490 e. The zero-order chi connectivity index (χ0) is 21.1. The maximum absolute atomic E-state index is 11.6. The number of carboxylic acids is 3. The molecular formula is C12H18F3N3O8. The Morgan fingerprint density at radius 3 is 1.77 bits per heavy atom. The first-order valence-corrected chi connectivity index (χ1v) is 6.75. The Balaban J connectivity index is 0. The van der Waals surface area contributed by atoms with E-state index in [1.54, 1.807) is 0 Å². The minimum absolute atomic E-state index is 0.154. The molecule has 0 rings (SSSR count). The van der Waals surface area contributed by atoms with Crippen molar-refractivity contribution in [2.45, 2.75) is 38.0 Å². The number of halogens is 3. The average Bonchev–Trinajstić information content (AvgIpc) is 2.47. The van der Waals surface area contributed by atoms with Crippen molar-refractivity contribution in [2.24, 2.45) is 5.73 Å². The number of hydrogen-bond donors (Lipinski definition) is 6. The summed E-state index contributed by atoms with van der Waals surface area (Å²) in [5.41, 5.74) is 5.31. The average molecular weight is 392 g/mol. The van der Waals surface area contributed by atoms with Gasteiger partial charge in [0.15, 0.2) is 0 Å². The van der Waals surface area contributed by atoms with Crippen molar-refractivity contribution >= 4 is 29.7 Å². The highest BCUT2D eigenvalue weighted by molar-refractivity contribution is 5.91. The van der Waals surface area contributed by atoms with Crippen LogP contribution in [0.4, 0.5) is 13.2 Å². The van der Waals surface area contributed by atoms with Crippen LogP contribution in [0.3, 0.4) is 0 Å². The number of carboxylic acid groups (broad SMARTS) is 3. The van der Waals surface area contributed by atoms with E-state index in [1.165, 1.54) is 6.92 Å². The van der Waals surface area contributed by atoms with Crippen LogP contribution in [0.5, 0.6) is 0 Å². The molecule has 0 heterocycles. The van der Waals surface area contributed by atoms with Crippen LogP contribution in [-0.2, 0) is 24.0 Å². The molecule has 0 saturated carbocycles. The molecule has 0 unspecified atom stereocenters. The Morgan fingerprint density at radius 1 is 1.00 bits per heavy atom. The molecule has 26 heavy (non-hydrogen) atoms. The second kappa shape index (κ2) is 11.6. The van der Waals surface area contributed by atoms with E-state index in [1.807, 2.05) is 0 Å². The van der Waals surface area contributed by atoms with Gasteiger partial charge in [0.2, 0.25) is 11.8 Å². The highest BCUT2D eigenvalue weighted by Gasteiger charge is 2.38. The molecule has 0 saturated heterocycles. The summed E-state index contributed by atoms with van der Waals surface area (Å²) in [5, 5.41) is 28.4. The van der Waals surface area contributed by atoms with Crippen LogP contribution in [0, 0.1) is 0 Å². The summed E-state index contributed by atoms with van der Waals surface area (Å²) in [6.45, 7) is 0.787. The molecule has 0 fully saturated rings. The SMILES string of the molecule is C[C@@H](N)C(=O)N[C@H](CCC(=O)O)C(=O)[15NH][13CH2][13C](=O)O.O=C(O)C(F)(F)F. The third-order valence-corrected chi connectivity index (χ3v) is 2.35. The summed E-state index contributed by atoms with van der Waals surface area (Å²) in [7, 11) is 0. The van der Waals surface area contributed by atoms with E-state index in [0.717, 1.165) is 0 Å². The van der Waals surface area contributed by atoms with Gasteiger partial charge in [0.1, 0.15) is 12.6 Å².